The van der Waals surface area contributed by atoms with Crippen LogP contribution in [0, 0.1) is 11.8 Å². The summed E-state index contributed by atoms with van der Waals surface area (Å²) in [5.74, 6) is -0.703. The minimum atomic E-state index is -3.88. The highest BCUT2D eigenvalue weighted by molar-refractivity contribution is 7.89. The van der Waals surface area contributed by atoms with Gasteiger partial charge < -0.3 is 18.8 Å². The molecule has 0 unspecified atom stereocenters. The van der Waals surface area contributed by atoms with Crippen LogP contribution in [0.4, 0.5) is 0 Å². The molecule has 0 atom stereocenters. The van der Waals surface area contributed by atoms with Crippen molar-refractivity contribution < 1.29 is 31.9 Å². The van der Waals surface area contributed by atoms with Gasteiger partial charge in [0.15, 0.2) is 0 Å². The van der Waals surface area contributed by atoms with Crippen LogP contribution in [0.3, 0.4) is 0 Å². The molecule has 2 rings (SSSR count). The average Bonchev–Trinajstić information content (AvgIpc) is 3.22. The highest BCUT2D eigenvalue weighted by Gasteiger charge is 2.35. The van der Waals surface area contributed by atoms with E-state index in [1.807, 2.05) is 0 Å². The van der Waals surface area contributed by atoms with E-state index in [2.05, 4.69) is 13.8 Å². The molecule has 170 valence electrons. The second-order valence-electron chi connectivity index (χ2n) is 7.69. The Morgan fingerprint density at radius 3 is 2.50 bits per heavy atom. The molecule has 0 bridgehead atoms. The molecule has 1 aromatic rings. The second kappa shape index (κ2) is 10.9. The van der Waals surface area contributed by atoms with Gasteiger partial charge in [-0.1, -0.05) is 13.8 Å². The fourth-order valence-electron chi connectivity index (χ4n) is 3.43. The molecule has 0 spiro atoms. The molecule has 1 aliphatic heterocycles. The minimum Gasteiger partial charge on any atom is -0.460 e. The van der Waals surface area contributed by atoms with Gasteiger partial charge in [-0.2, -0.15) is 4.31 Å². The van der Waals surface area contributed by atoms with Crippen molar-refractivity contribution in [2.24, 2.45) is 11.8 Å². The van der Waals surface area contributed by atoms with Crippen molar-refractivity contribution in [3.05, 3.63) is 17.9 Å². The van der Waals surface area contributed by atoms with Gasteiger partial charge in [0.05, 0.1) is 13.2 Å². The molecule has 1 aliphatic rings. The lowest BCUT2D eigenvalue weighted by Gasteiger charge is -2.33. The third-order valence-corrected chi connectivity index (χ3v) is 6.69. The van der Waals surface area contributed by atoms with E-state index in [1.54, 1.807) is 18.9 Å². The van der Waals surface area contributed by atoms with E-state index in [1.165, 1.54) is 16.4 Å². The molecule has 30 heavy (non-hydrogen) atoms. The van der Waals surface area contributed by atoms with Crippen molar-refractivity contribution in [1.29, 1.82) is 0 Å². The van der Waals surface area contributed by atoms with Crippen molar-refractivity contribution in [2.75, 3.05) is 46.5 Å². The quantitative estimate of drug-likeness (QED) is 0.508. The molecule has 0 aromatic carbocycles. The monoisotopic (exact) mass is 444 g/mol. The number of piperidine rings is 1. The van der Waals surface area contributed by atoms with E-state index in [0.29, 0.717) is 38.5 Å². The lowest BCUT2D eigenvalue weighted by molar-refractivity contribution is -0.138. The van der Waals surface area contributed by atoms with Crippen molar-refractivity contribution >= 4 is 21.9 Å². The van der Waals surface area contributed by atoms with Crippen molar-refractivity contribution in [3.8, 4) is 0 Å². The summed E-state index contributed by atoms with van der Waals surface area (Å²) in [6, 6.07) is 2.55. The van der Waals surface area contributed by atoms with Gasteiger partial charge in [0, 0.05) is 39.2 Å². The SMILES string of the molecule is CCOC(=O)c1ccc(S(=O)(=O)N2CCC(C(=O)N(CCOC)CC(C)C)CC2)o1. The lowest BCUT2D eigenvalue weighted by atomic mass is 9.96. The largest absolute Gasteiger partial charge is 0.460 e. The first kappa shape index (κ1) is 24.4. The number of furan rings is 1. The molecule has 2 heterocycles. The number of amides is 1. The number of carbonyl (C=O) groups excluding carboxylic acids is 2. The molecule has 9 nitrogen and oxygen atoms in total. The van der Waals surface area contributed by atoms with Crippen molar-refractivity contribution in [3.63, 3.8) is 0 Å². The summed E-state index contributed by atoms with van der Waals surface area (Å²) in [4.78, 5) is 26.5. The summed E-state index contributed by atoms with van der Waals surface area (Å²) >= 11 is 0. The molecular formula is C20H32N2O7S. The zero-order valence-electron chi connectivity index (χ0n) is 18.1. The molecule has 1 amide bonds. The first-order valence-electron chi connectivity index (χ1n) is 10.3. The number of esters is 1. The van der Waals surface area contributed by atoms with Crippen LogP contribution in [0.1, 0.15) is 44.2 Å². The normalized spacial score (nSPS) is 16.0. The second-order valence-corrected chi connectivity index (χ2v) is 9.56. The average molecular weight is 445 g/mol. The van der Waals surface area contributed by atoms with Gasteiger partial charge in [0.1, 0.15) is 0 Å². The van der Waals surface area contributed by atoms with Crippen molar-refractivity contribution in [2.45, 2.75) is 38.7 Å². The van der Waals surface area contributed by atoms with Crippen LogP contribution in [0.5, 0.6) is 0 Å². The van der Waals surface area contributed by atoms with E-state index in [0.717, 1.165) is 0 Å². The number of methoxy groups -OCH3 is 1. The lowest BCUT2D eigenvalue weighted by Crippen LogP contribution is -2.46. The fraction of sp³-hybridized carbons (Fsp3) is 0.700. The summed E-state index contributed by atoms with van der Waals surface area (Å²) in [5, 5.41) is -0.295. The number of carbonyl (C=O) groups is 2. The van der Waals surface area contributed by atoms with Crippen LogP contribution < -0.4 is 0 Å². The highest BCUT2D eigenvalue weighted by Crippen LogP contribution is 2.26. The molecule has 1 saturated heterocycles. The van der Waals surface area contributed by atoms with E-state index in [-0.39, 0.29) is 42.4 Å². The summed E-state index contributed by atoms with van der Waals surface area (Å²) < 4.78 is 42.2. The number of rotatable bonds is 10. The molecular weight excluding hydrogens is 412 g/mol. The first-order valence-corrected chi connectivity index (χ1v) is 11.7. The Morgan fingerprint density at radius 2 is 1.93 bits per heavy atom. The number of hydrogen-bond donors (Lipinski definition) is 0. The van der Waals surface area contributed by atoms with Crippen LogP contribution >= 0.6 is 0 Å². The predicted octanol–water partition coefficient (Wildman–Crippen LogP) is 1.99. The summed E-state index contributed by atoms with van der Waals surface area (Å²) in [7, 11) is -2.28. The standard InChI is InChI=1S/C20H32N2O7S/c1-5-28-20(24)17-6-7-18(29-17)30(25,26)22-10-8-16(9-11-22)19(23)21(12-13-27-4)14-15(2)3/h6-7,15-16H,5,8-14H2,1-4H3. The maximum absolute atomic E-state index is 12.9. The third-order valence-electron chi connectivity index (χ3n) is 4.92. The van der Waals surface area contributed by atoms with Gasteiger partial charge >= 0.3 is 5.97 Å². The predicted molar refractivity (Wildman–Crippen MR) is 109 cm³/mol. The summed E-state index contributed by atoms with van der Waals surface area (Å²) in [5.41, 5.74) is 0. The van der Waals surface area contributed by atoms with E-state index < -0.39 is 16.0 Å². The number of hydrogen-bond acceptors (Lipinski definition) is 7. The Hall–Kier alpha value is -1.91. The van der Waals surface area contributed by atoms with Gasteiger partial charge in [0.2, 0.25) is 16.8 Å². The number of sulfonamides is 1. The Balaban J connectivity index is 2.01. The molecule has 10 heteroatoms. The maximum Gasteiger partial charge on any atom is 0.374 e. The maximum atomic E-state index is 12.9. The van der Waals surface area contributed by atoms with Crippen molar-refractivity contribution in [1.82, 2.24) is 9.21 Å². The van der Waals surface area contributed by atoms with Crippen LogP contribution in [0.15, 0.2) is 21.6 Å². The topological polar surface area (TPSA) is 106 Å². The highest BCUT2D eigenvalue weighted by atomic mass is 32.2. The Labute approximate surface area is 178 Å². The summed E-state index contributed by atoms with van der Waals surface area (Å²) in [6.45, 7) is 7.99. The fourth-order valence-corrected chi connectivity index (χ4v) is 4.81. The summed E-state index contributed by atoms with van der Waals surface area (Å²) in [6.07, 6.45) is 0.871. The smallest absolute Gasteiger partial charge is 0.374 e. The molecule has 0 saturated carbocycles. The Bertz CT molecular complexity index is 811. The molecule has 0 radical (unpaired) electrons. The zero-order chi connectivity index (χ0) is 22.3. The molecule has 1 aromatic heterocycles. The van der Waals surface area contributed by atoms with Gasteiger partial charge in [-0.05, 0) is 37.8 Å². The van der Waals surface area contributed by atoms with Crippen LogP contribution in [-0.2, 0) is 24.3 Å². The van der Waals surface area contributed by atoms with Crippen LogP contribution in [0.25, 0.3) is 0 Å². The van der Waals surface area contributed by atoms with E-state index in [4.69, 9.17) is 13.9 Å². The van der Waals surface area contributed by atoms with Gasteiger partial charge in [-0.15, -0.1) is 0 Å². The molecule has 0 N–H and O–H groups in total. The molecule has 0 aliphatic carbocycles. The van der Waals surface area contributed by atoms with Crippen LogP contribution in [0.2, 0.25) is 0 Å². The van der Waals surface area contributed by atoms with Gasteiger partial charge in [-0.3, -0.25) is 4.79 Å². The van der Waals surface area contributed by atoms with Gasteiger partial charge in [-0.25, -0.2) is 13.2 Å². The molecule has 1 fully saturated rings. The first-order chi connectivity index (χ1) is 14.2. The Kier molecular flexibility index (Phi) is 8.87. The van der Waals surface area contributed by atoms with Crippen LogP contribution in [-0.4, -0.2) is 76.0 Å². The third kappa shape index (κ3) is 6.05. The number of nitrogens with zero attached hydrogens (tertiary/aromatic N) is 2. The zero-order valence-corrected chi connectivity index (χ0v) is 18.9. The van der Waals surface area contributed by atoms with Gasteiger partial charge in [0.25, 0.3) is 10.0 Å². The Morgan fingerprint density at radius 1 is 1.27 bits per heavy atom. The minimum absolute atomic E-state index is 0.0420. The number of ether oxygens (including phenoxy) is 2. The van der Waals surface area contributed by atoms with E-state index in [9.17, 15) is 18.0 Å². The van der Waals surface area contributed by atoms with E-state index >= 15 is 0 Å².